The van der Waals surface area contributed by atoms with E-state index in [-0.39, 0.29) is 5.57 Å². The number of aliphatic hydroxyl groups is 14. The summed E-state index contributed by atoms with van der Waals surface area (Å²) in [4.78, 5) is 12.3. The summed E-state index contributed by atoms with van der Waals surface area (Å²) >= 11 is 0. The Hall–Kier alpha value is -1.35. The van der Waals surface area contributed by atoms with Crippen molar-refractivity contribution in [3.05, 3.63) is 11.6 Å². The van der Waals surface area contributed by atoms with Crippen LogP contribution in [-0.4, -0.2) is 214 Å². The van der Waals surface area contributed by atoms with Crippen LogP contribution in [0.15, 0.2) is 11.6 Å². The molecule has 3 aliphatic rings. The molecular weight excluding hydrogens is 618 g/mol. The molecule has 1 aliphatic carbocycles. The number of hydrogen-bond donors (Lipinski definition) is 15. The predicted molar refractivity (Wildman–Crippen MR) is 140 cm³/mol. The van der Waals surface area contributed by atoms with Gasteiger partial charge >= 0.3 is 0 Å². The average molecular weight is 662 g/mol. The number of hydrogen-bond acceptors (Lipinski definition) is 20. The van der Waals surface area contributed by atoms with Crippen LogP contribution in [0.1, 0.15) is 0 Å². The van der Waals surface area contributed by atoms with E-state index in [1.807, 2.05) is 0 Å². The lowest BCUT2D eigenvalue weighted by atomic mass is 9.86. The van der Waals surface area contributed by atoms with Crippen molar-refractivity contribution < 1.29 is 95.2 Å². The second-order valence-corrected chi connectivity index (χ2v) is 11.0. The van der Waals surface area contributed by atoms with Crippen molar-refractivity contribution in [1.29, 1.82) is 0 Å². The quantitative estimate of drug-likeness (QED) is 0.0768. The van der Waals surface area contributed by atoms with Crippen molar-refractivity contribution >= 4 is 5.78 Å². The van der Waals surface area contributed by atoms with Crippen molar-refractivity contribution in [2.75, 3.05) is 33.0 Å². The van der Waals surface area contributed by atoms with Crippen LogP contribution in [0.4, 0.5) is 0 Å². The minimum Gasteiger partial charge on any atom is -0.394 e. The molecule has 15 N–H and O–H groups in total. The first kappa shape index (κ1) is 38.1. The molecule has 0 amide bonds. The Balaban J connectivity index is 1.74. The second-order valence-electron chi connectivity index (χ2n) is 11.0. The van der Waals surface area contributed by atoms with Crippen molar-refractivity contribution in [2.24, 2.45) is 0 Å². The van der Waals surface area contributed by atoms with E-state index in [2.05, 4.69) is 5.32 Å². The number of rotatable bonds is 14. The zero-order valence-electron chi connectivity index (χ0n) is 23.7. The maximum absolute atomic E-state index is 12.3. The Labute approximate surface area is 255 Å². The van der Waals surface area contributed by atoms with Crippen LogP contribution in [-0.2, 0) is 23.7 Å². The monoisotopic (exact) mass is 661 g/mol. The summed E-state index contributed by atoms with van der Waals surface area (Å²) < 4.78 is 21.7. The first-order valence-electron chi connectivity index (χ1n) is 14.0. The molecule has 17 atom stereocenters. The zero-order valence-corrected chi connectivity index (χ0v) is 23.7. The standard InChI is InChI=1S/C25H43NO19/c27-2-7-1-8(15(35)18(38)14(7)34)26-13-11(5-30)42-24(20(40)17(13)37)45-23-12(6-31)43-25(21(41)19(23)39)44-22(10(33)4-29)16(36)9(32)3-28/h1,8-15,17-35,37-41H,2-6H2/t8?,9?,10-,11-,12?,13?,14?,15?,17+,18?,19?,20?,21-,22?,23?,24+,25-/m1/s1. The first-order valence-corrected chi connectivity index (χ1v) is 14.0. The smallest absolute Gasteiger partial charge is 0.195 e. The molecule has 262 valence electrons. The van der Waals surface area contributed by atoms with E-state index in [1.54, 1.807) is 0 Å². The molecule has 0 aromatic carbocycles. The highest BCUT2D eigenvalue weighted by molar-refractivity contribution is 5.87. The van der Waals surface area contributed by atoms with E-state index in [1.165, 1.54) is 6.08 Å². The van der Waals surface area contributed by atoms with Gasteiger partial charge in [0.1, 0.15) is 79.4 Å². The third-order valence-electron chi connectivity index (χ3n) is 7.98. The molecule has 20 heteroatoms. The summed E-state index contributed by atoms with van der Waals surface area (Å²) in [5.74, 6) is -1.30. The van der Waals surface area contributed by atoms with Gasteiger partial charge in [0.15, 0.2) is 18.4 Å². The molecule has 2 saturated heterocycles. The van der Waals surface area contributed by atoms with Gasteiger partial charge in [-0.1, -0.05) is 6.08 Å². The summed E-state index contributed by atoms with van der Waals surface area (Å²) in [6.45, 7) is -4.57. The summed E-state index contributed by atoms with van der Waals surface area (Å²) in [5.41, 5.74) is -0.0490. The summed E-state index contributed by atoms with van der Waals surface area (Å²) in [7, 11) is 0. The third kappa shape index (κ3) is 8.21. The molecule has 2 fully saturated rings. The predicted octanol–water partition coefficient (Wildman–Crippen LogP) is -9.75. The van der Waals surface area contributed by atoms with Gasteiger partial charge in [-0.25, -0.2) is 0 Å². The molecule has 2 heterocycles. The lowest BCUT2D eigenvalue weighted by Crippen LogP contribution is -2.69. The van der Waals surface area contributed by atoms with Gasteiger partial charge in [-0.15, -0.1) is 0 Å². The van der Waals surface area contributed by atoms with Gasteiger partial charge in [0, 0.05) is 0 Å². The van der Waals surface area contributed by atoms with Gasteiger partial charge in [-0.3, -0.25) is 4.79 Å². The van der Waals surface area contributed by atoms with Gasteiger partial charge in [0.25, 0.3) is 0 Å². The molecule has 0 bridgehead atoms. The normalized spacial score (nSPS) is 42.9. The van der Waals surface area contributed by atoms with Crippen LogP contribution >= 0.6 is 0 Å². The summed E-state index contributed by atoms with van der Waals surface area (Å²) in [6.07, 6.45) is -26.3. The maximum atomic E-state index is 12.3. The van der Waals surface area contributed by atoms with E-state index >= 15 is 0 Å². The fourth-order valence-electron chi connectivity index (χ4n) is 5.32. The molecular formula is C25H43NO19. The third-order valence-corrected chi connectivity index (χ3v) is 7.98. The molecule has 0 radical (unpaired) electrons. The molecule has 0 saturated carbocycles. The highest BCUT2D eigenvalue weighted by Crippen LogP contribution is 2.31. The van der Waals surface area contributed by atoms with Gasteiger partial charge in [-0.05, 0) is 5.57 Å². The molecule has 20 nitrogen and oxygen atoms in total. The van der Waals surface area contributed by atoms with Crippen LogP contribution in [0.2, 0.25) is 0 Å². The van der Waals surface area contributed by atoms with Crippen LogP contribution in [0.3, 0.4) is 0 Å². The second kappa shape index (κ2) is 16.7. The number of ether oxygens (including phenoxy) is 4. The van der Waals surface area contributed by atoms with Crippen molar-refractivity contribution in [1.82, 2.24) is 5.32 Å². The van der Waals surface area contributed by atoms with Crippen LogP contribution < -0.4 is 5.32 Å². The number of aliphatic hydroxyl groups excluding tert-OH is 14. The van der Waals surface area contributed by atoms with E-state index in [9.17, 15) is 71.2 Å². The molecule has 0 aromatic heterocycles. The van der Waals surface area contributed by atoms with E-state index in [0.29, 0.717) is 0 Å². The summed E-state index contributed by atoms with van der Waals surface area (Å²) in [6, 6.07) is -2.56. The minimum absolute atomic E-state index is 0.0490. The Kier molecular flexibility index (Phi) is 14.1. The Morgan fingerprint density at radius 1 is 0.778 bits per heavy atom. The Morgan fingerprint density at radius 2 is 1.38 bits per heavy atom. The SMILES string of the molecule is O=C(C(O)CO)C(O[C@H]1OC(CO)C(O[C@@H]2O[C@H](CO)C(NC3C=C(CO)C(O)C(O)C3O)[C@H](O)C2O)C(O)[C@H]1O)[C@H](O)CO. The number of carbonyl (C=O) groups is 1. The van der Waals surface area contributed by atoms with Gasteiger partial charge in [0.2, 0.25) is 0 Å². The molecule has 45 heavy (non-hydrogen) atoms. The minimum atomic E-state index is -2.10. The van der Waals surface area contributed by atoms with E-state index in [4.69, 9.17) is 24.1 Å². The zero-order chi connectivity index (χ0) is 33.7. The van der Waals surface area contributed by atoms with Gasteiger partial charge in [0.05, 0.1) is 45.1 Å². The molecule has 3 rings (SSSR count). The van der Waals surface area contributed by atoms with Crippen LogP contribution in [0, 0.1) is 0 Å². The molecule has 11 unspecified atom stereocenters. The highest BCUT2D eigenvalue weighted by Gasteiger charge is 2.52. The fourth-order valence-corrected chi connectivity index (χ4v) is 5.32. The first-order chi connectivity index (χ1) is 21.2. The highest BCUT2D eigenvalue weighted by atomic mass is 16.7. The fraction of sp³-hybridized carbons (Fsp3) is 0.880. The molecule has 0 spiro atoms. The van der Waals surface area contributed by atoms with Crippen molar-refractivity contribution in [2.45, 2.75) is 104 Å². The van der Waals surface area contributed by atoms with Gasteiger partial charge in [-0.2, -0.15) is 0 Å². The Bertz CT molecular complexity index is 971. The van der Waals surface area contributed by atoms with Crippen molar-refractivity contribution in [3.63, 3.8) is 0 Å². The topological polar surface area (TPSA) is 349 Å². The van der Waals surface area contributed by atoms with Crippen LogP contribution in [0.25, 0.3) is 0 Å². The van der Waals surface area contributed by atoms with Crippen LogP contribution in [0.5, 0.6) is 0 Å². The summed E-state index contributed by atoms with van der Waals surface area (Å²) in [5, 5.41) is 144. The molecule has 2 aliphatic heterocycles. The lowest BCUT2D eigenvalue weighted by Gasteiger charge is -2.48. The maximum Gasteiger partial charge on any atom is 0.195 e. The largest absolute Gasteiger partial charge is 0.394 e. The number of nitrogens with one attached hydrogen (secondary N) is 1. The van der Waals surface area contributed by atoms with Gasteiger partial charge < -0.3 is 95.8 Å². The number of Topliss-reactive ketones (excluding diaryl/α,β-unsaturated/α-hetero) is 1. The van der Waals surface area contributed by atoms with Crippen molar-refractivity contribution in [3.8, 4) is 0 Å². The Morgan fingerprint density at radius 3 is 1.93 bits per heavy atom. The number of ketones is 1. The van der Waals surface area contributed by atoms with E-state index in [0.717, 1.165) is 0 Å². The molecule has 0 aromatic rings. The number of carbonyl (C=O) groups excluding carboxylic acids is 1. The average Bonchev–Trinajstić information content (AvgIpc) is 3.04. The lowest BCUT2D eigenvalue weighted by molar-refractivity contribution is -0.357. The van der Waals surface area contributed by atoms with E-state index < -0.39 is 143 Å².